The molecule has 6 heteroatoms. The predicted octanol–water partition coefficient (Wildman–Crippen LogP) is 1.19. The highest BCUT2D eigenvalue weighted by Gasteiger charge is 2.48. The lowest BCUT2D eigenvalue weighted by atomic mass is 9.77. The van der Waals surface area contributed by atoms with Crippen molar-refractivity contribution in [2.45, 2.75) is 108 Å². The van der Waals surface area contributed by atoms with Gasteiger partial charge in [0.15, 0.2) is 0 Å². The van der Waals surface area contributed by atoms with E-state index in [2.05, 4.69) is 26.1 Å². The Morgan fingerprint density at radius 3 is 2.33 bits per heavy atom. The summed E-state index contributed by atoms with van der Waals surface area (Å²) in [5.74, 6) is 1.16. The number of hydrogen-bond donors (Lipinski definition) is 5. The van der Waals surface area contributed by atoms with Crippen LogP contribution in [0.4, 0.5) is 0 Å². The van der Waals surface area contributed by atoms with Gasteiger partial charge < -0.3 is 30.5 Å². The normalized spacial score (nSPS) is 47.9. The van der Waals surface area contributed by atoms with E-state index in [-0.39, 0.29) is 12.0 Å². The van der Waals surface area contributed by atoms with Crippen molar-refractivity contribution in [1.29, 1.82) is 0 Å². The smallest absolute Gasteiger partial charge is 0.111 e. The molecule has 0 aromatic rings. The van der Waals surface area contributed by atoms with E-state index in [0.717, 1.165) is 18.8 Å². The first-order valence-corrected chi connectivity index (χ1v) is 10.8. The van der Waals surface area contributed by atoms with Crippen molar-refractivity contribution < 1.29 is 25.2 Å². The Kier molecular flexibility index (Phi) is 6.87. The summed E-state index contributed by atoms with van der Waals surface area (Å²) in [4.78, 5) is 0. The molecule has 0 aromatic carbocycles. The van der Waals surface area contributed by atoms with Gasteiger partial charge >= 0.3 is 0 Å². The summed E-state index contributed by atoms with van der Waals surface area (Å²) < 4.78 is 5.75. The third-order valence-electron chi connectivity index (χ3n) is 7.36. The highest BCUT2D eigenvalue weighted by Crippen LogP contribution is 2.46. The second-order valence-electron chi connectivity index (χ2n) is 10.1. The standard InChI is InChI=1S/C21H39NO5/c1-12-5-4-6-14(7-12)22-15-8-13(21(2,3)10-15)9-16-18(24)20(26)19(25)17(11-23)27-16/h12-20,22-26H,4-11H2,1-3H3/t12?,13?,14?,15?,16?,17-,18+,19+,20-/m1/s1. The van der Waals surface area contributed by atoms with Crippen LogP contribution >= 0.6 is 0 Å². The lowest BCUT2D eigenvalue weighted by Crippen LogP contribution is -2.58. The maximum absolute atomic E-state index is 10.4. The van der Waals surface area contributed by atoms with E-state index in [1.54, 1.807) is 0 Å². The molecule has 9 atom stereocenters. The second-order valence-corrected chi connectivity index (χ2v) is 10.1. The molecule has 158 valence electrons. The summed E-state index contributed by atoms with van der Waals surface area (Å²) in [6, 6.07) is 1.09. The van der Waals surface area contributed by atoms with Crippen LogP contribution in [0.1, 0.15) is 65.7 Å². The number of aliphatic hydroxyl groups excluding tert-OH is 4. The largest absolute Gasteiger partial charge is 0.394 e. The topological polar surface area (TPSA) is 102 Å². The van der Waals surface area contributed by atoms with E-state index >= 15 is 0 Å². The third-order valence-corrected chi connectivity index (χ3v) is 7.36. The molecule has 3 rings (SSSR count). The van der Waals surface area contributed by atoms with Crippen LogP contribution in [0.2, 0.25) is 0 Å². The van der Waals surface area contributed by atoms with E-state index in [0.29, 0.717) is 24.4 Å². The fourth-order valence-electron chi connectivity index (χ4n) is 5.66. The fraction of sp³-hybridized carbons (Fsp3) is 1.00. The maximum atomic E-state index is 10.4. The van der Waals surface area contributed by atoms with Gasteiger partial charge in [0.2, 0.25) is 0 Å². The first-order valence-electron chi connectivity index (χ1n) is 10.8. The van der Waals surface area contributed by atoms with E-state index in [1.807, 2.05) is 0 Å². The Balaban J connectivity index is 1.59. The second kappa shape index (κ2) is 8.64. The SMILES string of the molecule is CC1CCCC(NC2CC(CC3O[C@H](CO)[C@H](O)[C@H](O)[C@H]3O)C(C)(C)C2)C1. The first kappa shape index (κ1) is 21.5. The van der Waals surface area contributed by atoms with Crippen LogP contribution in [0.25, 0.3) is 0 Å². The van der Waals surface area contributed by atoms with Crippen LogP contribution in [0.3, 0.4) is 0 Å². The lowest BCUT2D eigenvalue weighted by Gasteiger charge is -2.42. The van der Waals surface area contributed by atoms with Crippen molar-refractivity contribution in [3.8, 4) is 0 Å². The molecule has 3 aliphatic rings. The highest BCUT2D eigenvalue weighted by atomic mass is 16.5. The van der Waals surface area contributed by atoms with E-state index < -0.39 is 30.5 Å². The summed E-state index contributed by atoms with van der Waals surface area (Å²) in [6.07, 6.45) is 2.90. The summed E-state index contributed by atoms with van der Waals surface area (Å²) in [6.45, 7) is 6.52. The molecular weight excluding hydrogens is 346 g/mol. The van der Waals surface area contributed by atoms with Gasteiger partial charge in [0.1, 0.15) is 24.4 Å². The van der Waals surface area contributed by atoms with E-state index in [9.17, 15) is 20.4 Å². The Morgan fingerprint density at radius 1 is 0.963 bits per heavy atom. The third kappa shape index (κ3) is 4.85. The van der Waals surface area contributed by atoms with Gasteiger partial charge in [-0.25, -0.2) is 0 Å². The van der Waals surface area contributed by atoms with Gasteiger partial charge in [0, 0.05) is 12.1 Å². The molecule has 1 heterocycles. The molecule has 1 saturated heterocycles. The van der Waals surface area contributed by atoms with Gasteiger partial charge in [0.05, 0.1) is 12.7 Å². The van der Waals surface area contributed by atoms with Crippen molar-refractivity contribution in [1.82, 2.24) is 5.32 Å². The molecule has 0 aromatic heterocycles. The van der Waals surface area contributed by atoms with Crippen molar-refractivity contribution in [3.05, 3.63) is 0 Å². The number of aliphatic hydroxyl groups is 4. The number of ether oxygens (including phenoxy) is 1. The van der Waals surface area contributed by atoms with Gasteiger partial charge in [-0.3, -0.25) is 0 Å². The number of hydrogen-bond acceptors (Lipinski definition) is 6. The maximum Gasteiger partial charge on any atom is 0.111 e. The zero-order chi connectivity index (χ0) is 19.8. The van der Waals surface area contributed by atoms with E-state index in [4.69, 9.17) is 4.74 Å². The molecule has 27 heavy (non-hydrogen) atoms. The zero-order valence-corrected chi connectivity index (χ0v) is 17.1. The van der Waals surface area contributed by atoms with Crippen LogP contribution < -0.4 is 5.32 Å². The fourth-order valence-corrected chi connectivity index (χ4v) is 5.66. The molecule has 1 aliphatic heterocycles. The average molecular weight is 386 g/mol. The van der Waals surface area contributed by atoms with Gasteiger partial charge in [0.25, 0.3) is 0 Å². The molecule has 2 saturated carbocycles. The Bertz CT molecular complexity index is 485. The van der Waals surface area contributed by atoms with E-state index in [1.165, 1.54) is 25.7 Å². The Hall–Kier alpha value is -0.240. The number of rotatable bonds is 5. The van der Waals surface area contributed by atoms with Crippen LogP contribution in [-0.2, 0) is 4.74 Å². The Labute approximate surface area is 163 Å². The van der Waals surface area contributed by atoms with Crippen LogP contribution in [0, 0.1) is 17.3 Å². The first-order chi connectivity index (χ1) is 12.7. The minimum absolute atomic E-state index is 0.122. The summed E-state index contributed by atoms with van der Waals surface area (Å²) in [7, 11) is 0. The van der Waals surface area contributed by atoms with Crippen molar-refractivity contribution >= 4 is 0 Å². The van der Waals surface area contributed by atoms with Crippen molar-refractivity contribution in [2.75, 3.05) is 6.61 Å². The molecule has 6 nitrogen and oxygen atoms in total. The molecule has 0 amide bonds. The monoisotopic (exact) mass is 385 g/mol. The molecule has 2 aliphatic carbocycles. The zero-order valence-electron chi connectivity index (χ0n) is 17.1. The Morgan fingerprint density at radius 2 is 1.67 bits per heavy atom. The summed E-state index contributed by atoms with van der Waals surface area (Å²) >= 11 is 0. The minimum Gasteiger partial charge on any atom is -0.394 e. The van der Waals surface area contributed by atoms with Gasteiger partial charge in [-0.1, -0.05) is 33.6 Å². The van der Waals surface area contributed by atoms with Gasteiger partial charge in [-0.2, -0.15) is 0 Å². The van der Waals surface area contributed by atoms with Crippen LogP contribution in [0.15, 0.2) is 0 Å². The highest BCUT2D eigenvalue weighted by molar-refractivity contribution is 4.99. The average Bonchev–Trinajstić information content (AvgIpc) is 2.88. The quantitative estimate of drug-likeness (QED) is 0.487. The summed E-state index contributed by atoms with van der Waals surface area (Å²) in [5.41, 5.74) is 0.122. The molecule has 5 N–H and O–H groups in total. The summed E-state index contributed by atoms with van der Waals surface area (Å²) in [5, 5.41) is 43.7. The minimum atomic E-state index is -1.27. The van der Waals surface area contributed by atoms with Crippen LogP contribution in [0.5, 0.6) is 0 Å². The molecular formula is C21H39NO5. The number of nitrogens with one attached hydrogen (secondary N) is 1. The molecule has 0 radical (unpaired) electrons. The molecule has 0 bridgehead atoms. The van der Waals surface area contributed by atoms with Crippen molar-refractivity contribution in [3.63, 3.8) is 0 Å². The van der Waals surface area contributed by atoms with Gasteiger partial charge in [-0.15, -0.1) is 0 Å². The predicted molar refractivity (Wildman–Crippen MR) is 103 cm³/mol. The van der Waals surface area contributed by atoms with Gasteiger partial charge in [-0.05, 0) is 49.4 Å². The molecule has 5 unspecified atom stereocenters. The van der Waals surface area contributed by atoms with Crippen molar-refractivity contribution in [2.24, 2.45) is 17.3 Å². The molecule has 0 spiro atoms. The van der Waals surface area contributed by atoms with Crippen LogP contribution in [-0.4, -0.2) is 69.6 Å². The molecule has 3 fully saturated rings. The lowest BCUT2D eigenvalue weighted by molar-refractivity contribution is -0.233.